The molecule has 13 heavy (non-hydrogen) atoms. The Morgan fingerprint density at radius 3 is 2.38 bits per heavy atom. The summed E-state index contributed by atoms with van der Waals surface area (Å²) in [5.74, 6) is 4.44. The Kier molecular flexibility index (Phi) is 4.32. The largest absolute Gasteiger partial charge is 0.303 e. The van der Waals surface area contributed by atoms with Crippen LogP contribution >= 0.6 is 0 Å². The van der Waals surface area contributed by atoms with E-state index in [0.717, 1.165) is 18.4 Å². The molecule has 1 saturated carbocycles. The van der Waals surface area contributed by atoms with Crippen LogP contribution < -0.4 is 5.32 Å². The summed E-state index contributed by atoms with van der Waals surface area (Å²) in [7, 11) is 0. The van der Waals surface area contributed by atoms with Crippen LogP contribution in [-0.2, 0) is 0 Å². The lowest BCUT2D eigenvalue weighted by atomic mass is 9.80. The van der Waals surface area contributed by atoms with Crippen molar-refractivity contribution in [1.82, 2.24) is 5.32 Å². The molecule has 0 aromatic heterocycles. The highest BCUT2D eigenvalue weighted by atomic mass is 14.9. The van der Waals surface area contributed by atoms with Crippen molar-refractivity contribution >= 4 is 0 Å². The molecule has 1 heteroatoms. The predicted molar refractivity (Wildman–Crippen MR) is 57.4 cm³/mol. The fourth-order valence-corrected chi connectivity index (χ4v) is 2.19. The number of hydrogen-bond acceptors (Lipinski definition) is 1. The molecule has 1 N–H and O–H groups in total. The fourth-order valence-electron chi connectivity index (χ4n) is 2.19. The first-order valence-electron chi connectivity index (χ1n) is 5.41. The van der Waals surface area contributed by atoms with E-state index in [-0.39, 0.29) is 0 Å². The average molecular weight is 179 g/mol. The van der Waals surface area contributed by atoms with E-state index in [2.05, 4.69) is 25.1 Å². The van der Waals surface area contributed by atoms with Crippen LogP contribution in [0.3, 0.4) is 0 Å². The lowest BCUT2D eigenvalue weighted by Gasteiger charge is -2.31. The molecule has 0 aromatic rings. The van der Waals surface area contributed by atoms with E-state index in [1.807, 2.05) is 0 Å². The molecule has 0 aromatic carbocycles. The van der Waals surface area contributed by atoms with Gasteiger partial charge in [-0.2, -0.15) is 0 Å². The van der Waals surface area contributed by atoms with Gasteiger partial charge in [0.1, 0.15) is 0 Å². The summed E-state index contributed by atoms with van der Waals surface area (Å²) in [6.45, 7) is 5.40. The quantitative estimate of drug-likeness (QED) is 0.656. The van der Waals surface area contributed by atoms with Gasteiger partial charge in [0.05, 0.1) is 6.54 Å². The van der Waals surface area contributed by atoms with Crippen LogP contribution in [-0.4, -0.2) is 12.6 Å². The van der Waals surface area contributed by atoms with Gasteiger partial charge in [0, 0.05) is 6.04 Å². The van der Waals surface area contributed by atoms with Gasteiger partial charge >= 0.3 is 0 Å². The second kappa shape index (κ2) is 5.29. The zero-order valence-electron chi connectivity index (χ0n) is 8.84. The molecule has 0 spiro atoms. The number of nitrogens with one attached hydrogen (secondary N) is 1. The second-order valence-electron chi connectivity index (χ2n) is 4.44. The van der Waals surface area contributed by atoms with Crippen LogP contribution in [0.4, 0.5) is 0 Å². The van der Waals surface area contributed by atoms with E-state index < -0.39 is 0 Å². The van der Waals surface area contributed by atoms with Crippen LogP contribution in [0.25, 0.3) is 0 Å². The van der Waals surface area contributed by atoms with Gasteiger partial charge in [0.25, 0.3) is 0 Å². The van der Waals surface area contributed by atoms with Gasteiger partial charge in [-0.15, -0.1) is 6.42 Å². The number of hydrogen-bond donors (Lipinski definition) is 1. The Hall–Kier alpha value is -0.480. The number of rotatable bonds is 3. The lowest BCUT2D eigenvalue weighted by Crippen LogP contribution is -2.34. The Morgan fingerprint density at radius 2 is 1.92 bits per heavy atom. The van der Waals surface area contributed by atoms with Gasteiger partial charge in [-0.3, -0.25) is 0 Å². The first-order chi connectivity index (χ1) is 6.24. The molecule has 0 atom stereocenters. The Labute approximate surface area is 82.3 Å². The third-order valence-electron chi connectivity index (χ3n) is 3.21. The summed E-state index contributed by atoms with van der Waals surface area (Å²) in [4.78, 5) is 0. The van der Waals surface area contributed by atoms with Crippen molar-refractivity contribution in [2.24, 2.45) is 11.8 Å². The Bertz CT molecular complexity index is 170. The molecule has 1 aliphatic rings. The summed E-state index contributed by atoms with van der Waals surface area (Å²) >= 11 is 0. The van der Waals surface area contributed by atoms with Crippen molar-refractivity contribution in [2.75, 3.05) is 6.54 Å². The topological polar surface area (TPSA) is 12.0 Å². The molecule has 0 radical (unpaired) electrons. The first kappa shape index (κ1) is 10.6. The fraction of sp³-hybridized carbons (Fsp3) is 0.833. The maximum absolute atomic E-state index is 5.21. The van der Waals surface area contributed by atoms with Crippen molar-refractivity contribution < 1.29 is 0 Å². The molecule has 1 nitrogen and oxygen atoms in total. The van der Waals surface area contributed by atoms with E-state index in [4.69, 9.17) is 6.42 Å². The van der Waals surface area contributed by atoms with Gasteiger partial charge < -0.3 is 5.32 Å². The van der Waals surface area contributed by atoms with Crippen LogP contribution in [0.2, 0.25) is 0 Å². The predicted octanol–water partition coefficient (Wildman–Crippen LogP) is 2.42. The van der Waals surface area contributed by atoms with E-state index >= 15 is 0 Å². The third kappa shape index (κ3) is 3.40. The van der Waals surface area contributed by atoms with Crippen LogP contribution in [0.5, 0.6) is 0 Å². The third-order valence-corrected chi connectivity index (χ3v) is 3.21. The maximum atomic E-state index is 5.21. The van der Waals surface area contributed by atoms with Crippen LogP contribution in [0.1, 0.15) is 39.5 Å². The highest BCUT2D eigenvalue weighted by molar-refractivity contribution is 4.89. The molecule has 0 unspecified atom stereocenters. The number of terminal acetylenes is 1. The normalized spacial score (nSPS) is 28.8. The highest BCUT2D eigenvalue weighted by Gasteiger charge is 2.22. The zero-order chi connectivity index (χ0) is 9.68. The summed E-state index contributed by atoms with van der Waals surface area (Å²) in [5, 5.41) is 3.39. The minimum atomic E-state index is 0.686. The van der Waals surface area contributed by atoms with E-state index in [1.165, 1.54) is 25.7 Å². The average Bonchev–Trinajstić information content (AvgIpc) is 2.15. The molecule has 74 valence electrons. The van der Waals surface area contributed by atoms with Crippen LogP contribution in [0.15, 0.2) is 0 Å². The molecular formula is C12H21N. The highest BCUT2D eigenvalue weighted by Crippen LogP contribution is 2.29. The monoisotopic (exact) mass is 179 g/mol. The summed E-state index contributed by atoms with van der Waals surface area (Å²) in [6.07, 6.45) is 10.6. The summed E-state index contributed by atoms with van der Waals surface area (Å²) < 4.78 is 0. The van der Waals surface area contributed by atoms with Crippen LogP contribution in [0, 0.1) is 24.2 Å². The lowest BCUT2D eigenvalue weighted by molar-refractivity contribution is 0.242. The molecule has 1 rings (SSSR count). The van der Waals surface area contributed by atoms with Gasteiger partial charge in [-0.1, -0.05) is 19.8 Å². The molecule has 1 aliphatic carbocycles. The molecule has 0 saturated heterocycles. The minimum Gasteiger partial charge on any atom is -0.303 e. The van der Waals surface area contributed by atoms with Gasteiger partial charge in [0.2, 0.25) is 0 Å². The SMILES string of the molecule is C#CCNC1CCC(C(C)C)CC1. The Balaban J connectivity index is 2.19. The standard InChI is InChI=1S/C12H21N/c1-4-9-13-12-7-5-11(6-8-12)10(2)3/h1,10-13H,5-9H2,2-3H3. The molecule has 0 amide bonds. The first-order valence-corrected chi connectivity index (χ1v) is 5.41. The molecule has 0 aliphatic heterocycles. The summed E-state index contributed by atoms with van der Waals surface area (Å²) in [5.41, 5.74) is 0. The van der Waals surface area contributed by atoms with E-state index in [1.54, 1.807) is 0 Å². The zero-order valence-corrected chi connectivity index (χ0v) is 8.84. The maximum Gasteiger partial charge on any atom is 0.0575 e. The second-order valence-corrected chi connectivity index (χ2v) is 4.44. The van der Waals surface area contributed by atoms with Crippen molar-refractivity contribution in [2.45, 2.75) is 45.6 Å². The minimum absolute atomic E-state index is 0.686. The van der Waals surface area contributed by atoms with Gasteiger partial charge in [-0.05, 0) is 37.5 Å². The Morgan fingerprint density at radius 1 is 1.31 bits per heavy atom. The van der Waals surface area contributed by atoms with E-state index in [0.29, 0.717) is 6.04 Å². The summed E-state index contributed by atoms with van der Waals surface area (Å²) in [6, 6.07) is 0.686. The van der Waals surface area contributed by atoms with E-state index in [9.17, 15) is 0 Å². The van der Waals surface area contributed by atoms with Crippen molar-refractivity contribution in [1.29, 1.82) is 0 Å². The van der Waals surface area contributed by atoms with Crippen molar-refractivity contribution in [3.05, 3.63) is 0 Å². The smallest absolute Gasteiger partial charge is 0.0575 e. The molecule has 1 fully saturated rings. The van der Waals surface area contributed by atoms with Gasteiger partial charge in [0.15, 0.2) is 0 Å². The molecule has 0 heterocycles. The van der Waals surface area contributed by atoms with Crippen molar-refractivity contribution in [3.8, 4) is 12.3 Å². The van der Waals surface area contributed by atoms with Crippen molar-refractivity contribution in [3.63, 3.8) is 0 Å². The molecular weight excluding hydrogens is 158 g/mol. The molecule has 0 bridgehead atoms. The van der Waals surface area contributed by atoms with Gasteiger partial charge in [-0.25, -0.2) is 0 Å².